The first-order valence-corrected chi connectivity index (χ1v) is 9.75. The molecule has 1 amide bonds. The molecule has 1 atom stereocenters. The van der Waals surface area contributed by atoms with Crippen molar-refractivity contribution in [2.24, 2.45) is 0 Å². The fourth-order valence-electron chi connectivity index (χ4n) is 3.32. The number of fused-ring (bicyclic) bond motifs is 1. The Morgan fingerprint density at radius 1 is 1.23 bits per heavy atom. The van der Waals surface area contributed by atoms with Crippen molar-refractivity contribution >= 4 is 17.5 Å². The molecule has 1 aromatic heterocycles. The van der Waals surface area contributed by atoms with E-state index in [-0.39, 0.29) is 30.9 Å². The highest BCUT2D eigenvalue weighted by atomic mass is 35.5. The number of nitrogens with zero attached hydrogens (tertiary/aromatic N) is 3. The number of methoxy groups -OCH3 is 2. The van der Waals surface area contributed by atoms with Crippen LogP contribution >= 0.6 is 11.6 Å². The molecule has 0 fully saturated rings. The van der Waals surface area contributed by atoms with Crippen LogP contribution < -0.4 is 14.8 Å². The molecule has 0 saturated carbocycles. The monoisotopic (exact) mass is 428 g/mol. The Balaban J connectivity index is 1.44. The molecule has 0 unspecified atom stereocenters. The second-order valence-electron chi connectivity index (χ2n) is 6.78. The number of rotatable bonds is 6. The lowest BCUT2D eigenvalue weighted by atomic mass is 10.1. The van der Waals surface area contributed by atoms with Gasteiger partial charge in [0.1, 0.15) is 17.6 Å². The number of hydrogen-bond acceptors (Lipinski definition) is 6. The molecule has 1 aliphatic heterocycles. The van der Waals surface area contributed by atoms with Crippen molar-refractivity contribution in [2.45, 2.75) is 25.8 Å². The standard InChI is InChI=1S/C21H21ClN4O4/c1-28-16-8-5-14(18(9-16)29-2)10-23-21(27)20-17-12-30-19(11-26(17)25-24-20)13-3-6-15(22)7-4-13/h3-9,19H,10-12H2,1-2H3,(H,23,27)/t19-/m1/s1. The molecule has 0 spiro atoms. The molecule has 30 heavy (non-hydrogen) atoms. The summed E-state index contributed by atoms with van der Waals surface area (Å²) in [6.45, 7) is 1.00. The summed E-state index contributed by atoms with van der Waals surface area (Å²) in [5, 5.41) is 11.7. The van der Waals surface area contributed by atoms with Gasteiger partial charge >= 0.3 is 0 Å². The van der Waals surface area contributed by atoms with E-state index in [1.165, 1.54) is 0 Å². The maximum atomic E-state index is 12.7. The van der Waals surface area contributed by atoms with E-state index in [1.807, 2.05) is 36.4 Å². The topological polar surface area (TPSA) is 87.5 Å². The summed E-state index contributed by atoms with van der Waals surface area (Å²) in [6.07, 6.45) is -0.170. The summed E-state index contributed by atoms with van der Waals surface area (Å²) in [6, 6.07) is 12.9. The Labute approximate surface area is 178 Å². The molecule has 8 nitrogen and oxygen atoms in total. The summed E-state index contributed by atoms with van der Waals surface area (Å²) >= 11 is 5.95. The van der Waals surface area contributed by atoms with Gasteiger partial charge in [-0.25, -0.2) is 4.68 Å². The van der Waals surface area contributed by atoms with E-state index in [4.69, 9.17) is 25.8 Å². The first kappa shape index (κ1) is 20.2. The number of amides is 1. The van der Waals surface area contributed by atoms with Crippen molar-refractivity contribution in [1.82, 2.24) is 20.3 Å². The molecule has 3 aromatic rings. The Bertz CT molecular complexity index is 1050. The van der Waals surface area contributed by atoms with E-state index in [1.54, 1.807) is 25.0 Å². The van der Waals surface area contributed by atoms with Crippen LogP contribution in [0.5, 0.6) is 11.5 Å². The van der Waals surface area contributed by atoms with Crippen molar-refractivity contribution in [3.8, 4) is 11.5 Å². The zero-order chi connectivity index (χ0) is 21.1. The van der Waals surface area contributed by atoms with Gasteiger partial charge < -0.3 is 19.5 Å². The smallest absolute Gasteiger partial charge is 0.274 e. The molecule has 1 N–H and O–H groups in total. The van der Waals surface area contributed by atoms with Gasteiger partial charge in [0.2, 0.25) is 0 Å². The van der Waals surface area contributed by atoms with Crippen LogP contribution in [0.1, 0.15) is 33.4 Å². The van der Waals surface area contributed by atoms with E-state index >= 15 is 0 Å². The lowest BCUT2D eigenvalue weighted by Gasteiger charge is -2.24. The van der Waals surface area contributed by atoms with Crippen molar-refractivity contribution in [2.75, 3.05) is 14.2 Å². The van der Waals surface area contributed by atoms with Crippen LogP contribution in [-0.2, 0) is 24.4 Å². The molecule has 4 rings (SSSR count). The number of nitrogens with one attached hydrogen (secondary N) is 1. The summed E-state index contributed by atoms with van der Waals surface area (Å²) in [4.78, 5) is 12.7. The van der Waals surface area contributed by atoms with E-state index in [9.17, 15) is 4.79 Å². The predicted molar refractivity (Wildman–Crippen MR) is 110 cm³/mol. The Hall–Kier alpha value is -3.10. The average Bonchev–Trinajstić information content (AvgIpc) is 3.21. The lowest BCUT2D eigenvalue weighted by molar-refractivity contribution is -0.00177. The molecule has 156 valence electrons. The highest BCUT2D eigenvalue weighted by Crippen LogP contribution is 2.28. The van der Waals surface area contributed by atoms with Crippen LogP contribution in [0, 0.1) is 0 Å². The van der Waals surface area contributed by atoms with Crippen molar-refractivity contribution in [3.05, 3.63) is 70.0 Å². The highest BCUT2D eigenvalue weighted by molar-refractivity contribution is 6.30. The molecular weight excluding hydrogens is 408 g/mol. The highest BCUT2D eigenvalue weighted by Gasteiger charge is 2.27. The summed E-state index contributed by atoms with van der Waals surface area (Å²) in [5.41, 5.74) is 2.74. The third-order valence-corrected chi connectivity index (χ3v) is 5.24. The third kappa shape index (κ3) is 4.10. The number of carbonyl (C=O) groups is 1. The Morgan fingerprint density at radius 3 is 2.77 bits per heavy atom. The third-order valence-electron chi connectivity index (χ3n) is 4.99. The minimum absolute atomic E-state index is 0.170. The van der Waals surface area contributed by atoms with Crippen LogP contribution in [0.2, 0.25) is 5.02 Å². The van der Waals surface area contributed by atoms with Gasteiger partial charge in [0.25, 0.3) is 5.91 Å². The van der Waals surface area contributed by atoms with Gasteiger partial charge in [-0.1, -0.05) is 28.9 Å². The number of aromatic nitrogens is 3. The first-order chi connectivity index (χ1) is 14.6. The number of ether oxygens (including phenoxy) is 3. The van der Waals surface area contributed by atoms with Crippen LogP contribution in [0.15, 0.2) is 42.5 Å². The lowest BCUT2D eigenvalue weighted by Crippen LogP contribution is -2.27. The zero-order valence-electron chi connectivity index (χ0n) is 16.6. The second-order valence-corrected chi connectivity index (χ2v) is 7.21. The van der Waals surface area contributed by atoms with E-state index < -0.39 is 0 Å². The number of carbonyl (C=O) groups excluding carboxylic acids is 1. The Kier molecular flexibility index (Phi) is 5.87. The average molecular weight is 429 g/mol. The maximum absolute atomic E-state index is 12.7. The molecule has 1 aliphatic rings. The van der Waals surface area contributed by atoms with Crippen molar-refractivity contribution < 1.29 is 19.0 Å². The summed E-state index contributed by atoms with van der Waals surface area (Å²) in [7, 11) is 3.16. The molecular formula is C21H21ClN4O4. The van der Waals surface area contributed by atoms with Crippen molar-refractivity contribution in [1.29, 1.82) is 0 Å². The van der Waals surface area contributed by atoms with E-state index in [2.05, 4.69) is 15.6 Å². The van der Waals surface area contributed by atoms with Crippen molar-refractivity contribution in [3.63, 3.8) is 0 Å². The van der Waals surface area contributed by atoms with Gasteiger partial charge in [0.05, 0.1) is 33.1 Å². The SMILES string of the molecule is COc1ccc(CNC(=O)c2nnn3c2CO[C@@H](c2ccc(Cl)cc2)C3)c(OC)c1. The number of halogens is 1. The van der Waals surface area contributed by atoms with Crippen LogP contribution in [0.4, 0.5) is 0 Å². The second kappa shape index (κ2) is 8.73. The van der Waals surface area contributed by atoms with Crippen LogP contribution in [-0.4, -0.2) is 35.1 Å². The molecule has 0 aliphatic carbocycles. The molecule has 2 aromatic carbocycles. The molecule has 2 heterocycles. The number of benzene rings is 2. The van der Waals surface area contributed by atoms with Crippen LogP contribution in [0.3, 0.4) is 0 Å². The van der Waals surface area contributed by atoms with Gasteiger partial charge in [0, 0.05) is 23.2 Å². The van der Waals surface area contributed by atoms with Gasteiger partial charge in [-0.15, -0.1) is 5.10 Å². The molecule has 9 heteroatoms. The fraction of sp³-hybridized carbons (Fsp3) is 0.286. The predicted octanol–water partition coefficient (Wildman–Crippen LogP) is 3.15. The fourth-order valence-corrected chi connectivity index (χ4v) is 3.45. The quantitative estimate of drug-likeness (QED) is 0.649. The molecule has 0 bridgehead atoms. The minimum Gasteiger partial charge on any atom is -0.497 e. The van der Waals surface area contributed by atoms with E-state index in [0.717, 1.165) is 11.1 Å². The summed E-state index contributed by atoms with van der Waals surface area (Å²) < 4.78 is 18.2. The minimum atomic E-state index is -0.317. The normalized spacial score (nSPS) is 15.4. The first-order valence-electron chi connectivity index (χ1n) is 9.37. The van der Waals surface area contributed by atoms with Gasteiger partial charge in [0.15, 0.2) is 5.69 Å². The largest absolute Gasteiger partial charge is 0.497 e. The van der Waals surface area contributed by atoms with Gasteiger partial charge in [-0.05, 0) is 29.8 Å². The maximum Gasteiger partial charge on any atom is 0.274 e. The summed E-state index contributed by atoms with van der Waals surface area (Å²) in [5.74, 6) is 0.998. The number of hydrogen-bond donors (Lipinski definition) is 1. The van der Waals surface area contributed by atoms with Gasteiger partial charge in [-0.3, -0.25) is 4.79 Å². The molecule has 0 radical (unpaired) electrons. The van der Waals surface area contributed by atoms with E-state index in [0.29, 0.717) is 28.8 Å². The van der Waals surface area contributed by atoms with Gasteiger partial charge in [-0.2, -0.15) is 0 Å². The molecule has 0 saturated heterocycles. The zero-order valence-corrected chi connectivity index (χ0v) is 17.3. The Morgan fingerprint density at radius 2 is 2.03 bits per heavy atom. The van der Waals surface area contributed by atoms with Crippen LogP contribution in [0.25, 0.3) is 0 Å².